The molecule has 5 nitrogen and oxygen atoms in total. The largest absolute Gasteiger partial charge is 0.465 e. The van der Waals surface area contributed by atoms with Gasteiger partial charge in [-0.15, -0.1) is 10.2 Å². The minimum atomic E-state index is -0.154. The van der Waals surface area contributed by atoms with Gasteiger partial charge in [0.15, 0.2) is 4.34 Å². The molecule has 0 unspecified atom stereocenters. The molecule has 0 radical (unpaired) electrons. The smallest absolute Gasteiger partial charge is 0.319 e. The number of esters is 1. The van der Waals surface area contributed by atoms with E-state index in [0.29, 0.717) is 6.61 Å². The van der Waals surface area contributed by atoms with Crippen LogP contribution in [0.25, 0.3) is 0 Å². The number of aromatic nitrogens is 2. The minimum Gasteiger partial charge on any atom is -0.465 e. The molecule has 1 aliphatic heterocycles. The van der Waals surface area contributed by atoms with Crippen molar-refractivity contribution in [1.29, 1.82) is 0 Å². The summed E-state index contributed by atoms with van der Waals surface area (Å²) in [5.74, 6) is -0.154. The Morgan fingerprint density at radius 1 is 1.35 bits per heavy atom. The Morgan fingerprint density at radius 2 is 2.15 bits per heavy atom. The predicted molar refractivity (Wildman–Crippen MR) is 79.6 cm³/mol. The molecule has 1 aromatic heterocycles. The van der Waals surface area contributed by atoms with Crippen molar-refractivity contribution < 1.29 is 9.53 Å². The van der Waals surface area contributed by atoms with Gasteiger partial charge in [-0.3, -0.25) is 4.79 Å². The highest BCUT2D eigenvalue weighted by atomic mass is 32.2. The molecule has 1 aromatic carbocycles. The number of aryl methyl sites for hydroxylation is 1. The number of cyclic esters (lactones) is 1. The zero-order chi connectivity index (χ0) is 13.9. The van der Waals surface area contributed by atoms with Crippen molar-refractivity contribution in [1.82, 2.24) is 10.2 Å². The Bertz CT molecular complexity index is 612. The van der Waals surface area contributed by atoms with Gasteiger partial charge in [-0.2, -0.15) is 0 Å². The Balaban J connectivity index is 1.64. The Kier molecular flexibility index (Phi) is 3.88. The summed E-state index contributed by atoms with van der Waals surface area (Å²) in [6, 6.07) is 8.07. The van der Waals surface area contributed by atoms with E-state index < -0.39 is 0 Å². The van der Waals surface area contributed by atoms with E-state index in [1.54, 1.807) is 0 Å². The van der Waals surface area contributed by atoms with Crippen molar-refractivity contribution in [2.45, 2.75) is 22.9 Å². The Labute approximate surface area is 124 Å². The molecule has 2 aromatic rings. The van der Waals surface area contributed by atoms with E-state index in [0.717, 1.165) is 21.6 Å². The first-order valence-corrected chi connectivity index (χ1v) is 7.91. The summed E-state index contributed by atoms with van der Waals surface area (Å²) in [5, 5.41) is 12.0. The van der Waals surface area contributed by atoms with Crippen LogP contribution in [0.2, 0.25) is 0 Å². The van der Waals surface area contributed by atoms with Crippen LogP contribution in [0.3, 0.4) is 0 Å². The molecule has 1 fully saturated rings. The van der Waals surface area contributed by atoms with Gasteiger partial charge >= 0.3 is 5.97 Å². The number of carbonyl (C=O) groups excluding carboxylic acids is 1. The average Bonchev–Trinajstić information content (AvgIpc) is 3.03. The highest BCUT2D eigenvalue weighted by molar-refractivity contribution is 8.02. The summed E-state index contributed by atoms with van der Waals surface area (Å²) in [4.78, 5) is 11.4. The molecule has 104 valence electrons. The van der Waals surface area contributed by atoms with Crippen molar-refractivity contribution in [3.05, 3.63) is 29.8 Å². The zero-order valence-corrected chi connectivity index (χ0v) is 12.5. The molecule has 0 aliphatic carbocycles. The maximum absolute atomic E-state index is 11.4. The quantitative estimate of drug-likeness (QED) is 0.876. The predicted octanol–water partition coefficient (Wildman–Crippen LogP) is 3.00. The molecule has 0 bridgehead atoms. The average molecular weight is 307 g/mol. The molecule has 0 spiro atoms. The first-order valence-electron chi connectivity index (χ1n) is 6.21. The molecule has 20 heavy (non-hydrogen) atoms. The van der Waals surface area contributed by atoms with Crippen molar-refractivity contribution in [3.63, 3.8) is 0 Å². The van der Waals surface area contributed by atoms with Crippen LogP contribution < -0.4 is 5.32 Å². The number of benzene rings is 1. The van der Waals surface area contributed by atoms with E-state index in [1.165, 1.54) is 28.7 Å². The van der Waals surface area contributed by atoms with Crippen LogP contribution in [0.1, 0.15) is 12.0 Å². The van der Waals surface area contributed by atoms with E-state index in [2.05, 4.69) is 15.5 Å². The summed E-state index contributed by atoms with van der Waals surface area (Å²) in [6.45, 7) is 2.55. The maximum atomic E-state index is 11.4. The van der Waals surface area contributed by atoms with E-state index in [4.69, 9.17) is 4.74 Å². The van der Waals surface area contributed by atoms with Gasteiger partial charge < -0.3 is 10.1 Å². The van der Waals surface area contributed by atoms with Gasteiger partial charge in [0.25, 0.3) is 0 Å². The Morgan fingerprint density at radius 3 is 2.85 bits per heavy atom. The van der Waals surface area contributed by atoms with Gasteiger partial charge in [-0.25, -0.2) is 0 Å². The number of nitrogens with zero attached hydrogens (tertiary/aromatic N) is 2. The number of carbonyl (C=O) groups is 1. The third-order valence-corrected chi connectivity index (χ3v) is 5.01. The highest BCUT2D eigenvalue weighted by Crippen LogP contribution is 2.33. The maximum Gasteiger partial charge on any atom is 0.319 e. The van der Waals surface area contributed by atoms with Gasteiger partial charge in [0.05, 0.1) is 6.61 Å². The van der Waals surface area contributed by atoms with Crippen molar-refractivity contribution in [3.8, 4) is 0 Å². The molecule has 7 heteroatoms. The van der Waals surface area contributed by atoms with Crippen LogP contribution in [0.4, 0.5) is 10.8 Å². The first-order chi connectivity index (χ1) is 9.70. The summed E-state index contributed by atoms with van der Waals surface area (Å²) >= 11 is 2.87. The third kappa shape index (κ3) is 3.10. The van der Waals surface area contributed by atoms with Crippen molar-refractivity contribution in [2.24, 2.45) is 0 Å². The molecule has 0 amide bonds. The summed E-state index contributed by atoms with van der Waals surface area (Å²) < 4.78 is 5.71. The van der Waals surface area contributed by atoms with Gasteiger partial charge in [-0.05, 0) is 19.1 Å². The first kappa shape index (κ1) is 13.4. The summed E-state index contributed by atoms with van der Waals surface area (Å²) in [5.41, 5.74) is 2.19. The molecular formula is C13H13N3O2S2. The van der Waals surface area contributed by atoms with Crippen LogP contribution in [0, 0.1) is 6.92 Å². The normalized spacial score (nSPS) is 18.1. The molecule has 1 atom stereocenters. The van der Waals surface area contributed by atoms with E-state index in [-0.39, 0.29) is 11.2 Å². The number of ether oxygens (including phenoxy) is 1. The lowest BCUT2D eigenvalue weighted by molar-refractivity contribution is -0.137. The van der Waals surface area contributed by atoms with E-state index >= 15 is 0 Å². The molecule has 2 heterocycles. The topological polar surface area (TPSA) is 64.1 Å². The van der Waals surface area contributed by atoms with Crippen LogP contribution in [0.15, 0.2) is 28.6 Å². The molecule has 3 rings (SSSR count). The summed E-state index contributed by atoms with van der Waals surface area (Å²) in [7, 11) is 0. The second-order valence-electron chi connectivity index (χ2n) is 4.43. The molecule has 1 N–H and O–H groups in total. The van der Waals surface area contributed by atoms with E-state index in [1.807, 2.05) is 31.2 Å². The fourth-order valence-corrected chi connectivity index (χ4v) is 3.76. The molecule has 1 saturated heterocycles. The van der Waals surface area contributed by atoms with Crippen LogP contribution in [-0.4, -0.2) is 28.0 Å². The lowest BCUT2D eigenvalue weighted by Crippen LogP contribution is -2.08. The van der Waals surface area contributed by atoms with Crippen molar-refractivity contribution in [2.75, 3.05) is 11.9 Å². The monoisotopic (exact) mass is 307 g/mol. The van der Waals surface area contributed by atoms with E-state index in [9.17, 15) is 4.79 Å². The number of nitrogens with one attached hydrogen (secondary N) is 1. The zero-order valence-electron chi connectivity index (χ0n) is 10.8. The fourth-order valence-electron chi connectivity index (χ4n) is 1.77. The van der Waals surface area contributed by atoms with Crippen molar-refractivity contribution >= 4 is 39.9 Å². The van der Waals surface area contributed by atoms with Crippen LogP contribution in [0.5, 0.6) is 0 Å². The number of rotatable bonds is 4. The number of thioether (sulfide) groups is 1. The molecule has 0 saturated carbocycles. The van der Waals surface area contributed by atoms with Gasteiger partial charge in [0.2, 0.25) is 5.13 Å². The standard InChI is InChI=1S/C13H13N3O2S2/c1-8-2-4-9(5-3-8)14-12-15-16-13(20-12)19-10-6-7-18-11(10)17/h2-5,10H,6-7H2,1H3,(H,14,15)/t10-/m1/s1. The lowest BCUT2D eigenvalue weighted by atomic mass is 10.2. The highest BCUT2D eigenvalue weighted by Gasteiger charge is 2.28. The Hall–Kier alpha value is -1.60. The number of hydrogen-bond acceptors (Lipinski definition) is 7. The minimum absolute atomic E-state index is 0.143. The van der Waals surface area contributed by atoms with Gasteiger partial charge in [0, 0.05) is 12.1 Å². The second-order valence-corrected chi connectivity index (χ2v) is 6.85. The third-order valence-electron chi connectivity index (χ3n) is 2.84. The number of anilines is 2. The second kappa shape index (κ2) is 5.80. The molecule has 1 aliphatic rings. The fraction of sp³-hybridized carbons (Fsp3) is 0.308. The van der Waals surface area contributed by atoms with Gasteiger partial charge in [0.1, 0.15) is 5.25 Å². The van der Waals surface area contributed by atoms with Gasteiger partial charge in [-0.1, -0.05) is 40.8 Å². The lowest BCUT2D eigenvalue weighted by Gasteiger charge is -2.01. The summed E-state index contributed by atoms with van der Waals surface area (Å²) in [6.07, 6.45) is 0.740. The SMILES string of the molecule is Cc1ccc(Nc2nnc(S[C@@H]3CCOC3=O)s2)cc1. The van der Waals surface area contributed by atoms with Crippen LogP contribution in [-0.2, 0) is 9.53 Å². The molecular weight excluding hydrogens is 294 g/mol. The number of hydrogen-bond donors (Lipinski definition) is 1. The van der Waals surface area contributed by atoms with Crippen LogP contribution >= 0.6 is 23.1 Å².